The Morgan fingerprint density at radius 1 is 0.800 bits per heavy atom. The van der Waals surface area contributed by atoms with E-state index in [2.05, 4.69) is 15.8 Å². The molecular formula is C26H24N4O4S. The number of nitrogens with zero attached hydrogens (tertiary/aromatic N) is 2. The maximum Gasteiger partial charge on any atom is 0.288 e. The number of benzene rings is 3. The summed E-state index contributed by atoms with van der Waals surface area (Å²) in [6.07, 6.45) is 0.728. The van der Waals surface area contributed by atoms with Gasteiger partial charge in [-0.25, -0.2) is 13.4 Å². The van der Waals surface area contributed by atoms with Gasteiger partial charge in [-0.05, 0) is 47.9 Å². The van der Waals surface area contributed by atoms with Crippen LogP contribution in [0.2, 0.25) is 0 Å². The molecule has 5 rings (SSSR count). The number of aromatic nitrogens is 1. The van der Waals surface area contributed by atoms with Crippen molar-refractivity contribution in [1.82, 2.24) is 20.1 Å². The van der Waals surface area contributed by atoms with E-state index in [4.69, 9.17) is 0 Å². The van der Waals surface area contributed by atoms with E-state index in [1.807, 2.05) is 48.5 Å². The normalized spacial score (nSPS) is 15.2. The van der Waals surface area contributed by atoms with Crippen molar-refractivity contribution < 1.29 is 18.0 Å². The number of para-hydroxylation sites is 1. The van der Waals surface area contributed by atoms with Gasteiger partial charge in [0.25, 0.3) is 5.91 Å². The molecule has 35 heavy (non-hydrogen) atoms. The van der Waals surface area contributed by atoms with E-state index in [0.29, 0.717) is 18.4 Å². The number of pyridine rings is 1. The number of carbonyl (C=O) groups is 2. The lowest BCUT2D eigenvalue weighted by Gasteiger charge is -2.30. The van der Waals surface area contributed by atoms with Crippen molar-refractivity contribution in [3.8, 4) is 0 Å². The predicted octanol–water partition coefficient (Wildman–Crippen LogP) is 3.25. The Morgan fingerprint density at radius 2 is 1.46 bits per heavy atom. The summed E-state index contributed by atoms with van der Waals surface area (Å²) < 4.78 is 27.7. The second-order valence-corrected chi connectivity index (χ2v) is 10.5. The van der Waals surface area contributed by atoms with Gasteiger partial charge in [-0.15, -0.1) is 0 Å². The average Bonchev–Trinajstić information content (AvgIpc) is 2.91. The molecule has 0 radical (unpaired) electrons. The standard InChI is InChI=1S/C26H24N4O4S/c31-25(28-29-26(32)24-12-10-19-6-3-4-8-23(19)27-24)20-13-15-30(16-14-20)35(33,34)22-11-9-18-5-1-2-7-21(18)17-22/h1-12,17,20H,13-16H2,(H,28,31)(H,29,32). The molecule has 0 aliphatic carbocycles. The highest BCUT2D eigenvalue weighted by atomic mass is 32.2. The van der Waals surface area contributed by atoms with Crippen LogP contribution in [0.5, 0.6) is 0 Å². The third-order valence-electron chi connectivity index (χ3n) is 6.31. The van der Waals surface area contributed by atoms with Crippen molar-refractivity contribution >= 4 is 43.5 Å². The Labute approximate surface area is 203 Å². The monoisotopic (exact) mass is 488 g/mol. The van der Waals surface area contributed by atoms with Gasteiger partial charge in [0.2, 0.25) is 15.9 Å². The van der Waals surface area contributed by atoms with E-state index in [1.54, 1.807) is 30.3 Å². The smallest absolute Gasteiger partial charge is 0.273 e. The van der Waals surface area contributed by atoms with Gasteiger partial charge in [-0.2, -0.15) is 4.31 Å². The summed E-state index contributed by atoms with van der Waals surface area (Å²) in [5, 5.41) is 2.75. The summed E-state index contributed by atoms with van der Waals surface area (Å²) in [5.74, 6) is -1.26. The second-order valence-electron chi connectivity index (χ2n) is 8.52. The van der Waals surface area contributed by atoms with E-state index in [1.165, 1.54) is 4.31 Å². The lowest BCUT2D eigenvalue weighted by atomic mass is 9.98. The van der Waals surface area contributed by atoms with E-state index in [-0.39, 0.29) is 29.6 Å². The van der Waals surface area contributed by atoms with Gasteiger partial charge >= 0.3 is 0 Å². The molecule has 0 unspecified atom stereocenters. The number of nitrogens with one attached hydrogen (secondary N) is 2. The summed E-state index contributed by atoms with van der Waals surface area (Å²) in [4.78, 5) is 29.6. The topological polar surface area (TPSA) is 108 Å². The van der Waals surface area contributed by atoms with E-state index < -0.39 is 21.8 Å². The third kappa shape index (κ3) is 4.73. The van der Waals surface area contributed by atoms with E-state index in [0.717, 1.165) is 16.2 Å². The molecule has 0 spiro atoms. The van der Waals surface area contributed by atoms with Crippen molar-refractivity contribution in [2.75, 3.05) is 13.1 Å². The number of hydrogen-bond donors (Lipinski definition) is 2. The lowest BCUT2D eigenvalue weighted by Crippen LogP contribution is -2.48. The molecule has 178 valence electrons. The first kappa shape index (κ1) is 22.9. The maximum atomic E-state index is 13.1. The number of carbonyl (C=O) groups excluding carboxylic acids is 2. The first-order valence-corrected chi connectivity index (χ1v) is 12.8. The molecule has 1 aromatic heterocycles. The van der Waals surface area contributed by atoms with Crippen LogP contribution in [-0.2, 0) is 14.8 Å². The number of hydrazine groups is 1. The molecule has 0 saturated carbocycles. The van der Waals surface area contributed by atoms with E-state index >= 15 is 0 Å². The van der Waals surface area contributed by atoms with Gasteiger partial charge in [-0.1, -0.05) is 54.6 Å². The van der Waals surface area contributed by atoms with Crippen LogP contribution in [0.15, 0.2) is 83.8 Å². The van der Waals surface area contributed by atoms with Crippen LogP contribution >= 0.6 is 0 Å². The van der Waals surface area contributed by atoms with E-state index in [9.17, 15) is 18.0 Å². The molecule has 9 heteroatoms. The molecule has 4 aromatic rings. The molecule has 2 heterocycles. The highest BCUT2D eigenvalue weighted by molar-refractivity contribution is 7.89. The molecule has 1 saturated heterocycles. The Kier molecular flexibility index (Phi) is 6.19. The van der Waals surface area contributed by atoms with Crippen LogP contribution in [0.4, 0.5) is 0 Å². The minimum Gasteiger partial charge on any atom is -0.273 e. The van der Waals surface area contributed by atoms with Gasteiger partial charge in [-0.3, -0.25) is 20.4 Å². The summed E-state index contributed by atoms with van der Waals surface area (Å²) >= 11 is 0. The van der Waals surface area contributed by atoms with Gasteiger partial charge < -0.3 is 0 Å². The highest BCUT2D eigenvalue weighted by Gasteiger charge is 2.32. The number of sulfonamides is 1. The summed E-state index contributed by atoms with van der Waals surface area (Å²) in [5.41, 5.74) is 5.75. The first-order valence-electron chi connectivity index (χ1n) is 11.4. The molecule has 2 amide bonds. The molecule has 2 N–H and O–H groups in total. The molecule has 1 aliphatic rings. The van der Waals surface area contributed by atoms with Crippen molar-refractivity contribution in [3.63, 3.8) is 0 Å². The van der Waals surface area contributed by atoms with Crippen LogP contribution in [0, 0.1) is 5.92 Å². The SMILES string of the molecule is O=C(NNC(=O)C1CCN(S(=O)(=O)c2ccc3ccccc3c2)CC1)c1ccc2ccccc2n1. The van der Waals surface area contributed by atoms with Crippen LogP contribution in [0.3, 0.4) is 0 Å². The minimum atomic E-state index is -3.66. The summed E-state index contributed by atoms with van der Waals surface area (Å²) in [6.45, 7) is 0.459. The quantitative estimate of drug-likeness (QED) is 0.429. The number of fused-ring (bicyclic) bond motifs is 2. The Bertz CT molecular complexity index is 1530. The maximum absolute atomic E-state index is 13.1. The van der Waals surface area contributed by atoms with Gasteiger partial charge in [0, 0.05) is 24.4 Å². The molecular weight excluding hydrogens is 464 g/mol. The molecule has 1 aliphatic heterocycles. The zero-order valence-corrected chi connectivity index (χ0v) is 19.7. The molecule has 0 bridgehead atoms. The van der Waals surface area contributed by atoms with Gasteiger partial charge in [0.05, 0.1) is 10.4 Å². The molecule has 0 atom stereocenters. The number of rotatable bonds is 4. The largest absolute Gasteiger partial charge is 0.288 e. The Morgan fingerprint density at radius 3 is 2.23 bits per heavy atom. The molecule has 8 nitrogen and oxygen atoms in total. The van der Waals surface area contributed by atoms with Crippen LogP contribution in [0.1, 0.15) is 23.3 Å². The fourth-order valence-electron chi connectivity index (χ4n) is 4.31. The minimum absolute atomic E-state index is 0.195. The van der Waals surface area contributed by atoms with Crippen molar-refractivity contribution in [2.45, 2.75) is 17.7 Å². The average molecular weight is 489 g/mol. The number of hydrogen-bond acceptors (Lipinski definition) is 5. The van der Waals surface area contributed by atoms with Crippen molar-refractivity contribution in [1.29, 1.82) is 0 Å². The zero-order chi connectivity index (χ0) is 24.4. The fraction of sp³-hybridized carbons (Fsp3) is 0.192. The second kappa shape index (κ2) is 9.44. The fourth-order valence-corrected chi connectivity index (χ4v) is 5.82. The van der Waals surface area contributed by atoms with Crippen LogP contribution < -0.4 is 10.9 Å². The number of amides is 2. The first-order chi connectivity index (χ1) is 16.9. The molecule has 3 aromatic carbocycles. The Balaban J connectivity index is 1.17. The number of piperidine rings is 1. The summed E-state index contributed by atoms with van der Waals surface area (Å²) in [6, 6.07) is 23.5. The van der Waals surface area contributed by atoms with Gasteiger partial charge in [0.1, 0.15) is 5.69 Å². The highest BCUT2D eigenvalue weighted by Crippen LogP contribution is 2.26. The lowest BCUT2D eigenvalue weighted by molar-refractivity contribution is -0.126. The zero-order valence-electron chi connectivity index (χ0n) is 18.8. The third-order valence-corrected chi connectivity index (χ3v) is 8.21. The van der Waals surface area contributed by atoms with Gasteiger partial charge in [0.15, 0.2) is 0 Å². The van der Waals surface area contributed by atoms with Crippen molar-refractivity contribution in [2.24, 2.45) is 5.92 Å². The Hall–Kier alpha value is -3.82. The predicted molar refractivity (Wildman–Crippen MR) is 133 cm³/mol. The van der Waals surface area contributed by atoms with Crippen molar-refractivity contribution in [3.05, 3.63) is 84.6 Å². The van der Waals surface area contributed by atoms with Crippen LogP contribution in [0.25, 0.3) is 21.7 Å². The summed E-state index contributed by atoms with van der Waals surface area (Å²) in [7, 11) is -3.66. The molecule has 1 fully saturated rings. The van der Waals surface area contributed by atoms with Crippen LogP contribution in [-0.4, -0.2) is 42.6 Å².